The molecule has 0 radical (unpaired) electrons. The molecule has 1 aromatic carbocycles. The van der Waals surface area contributed by atoms with Crippen LogP contribution in [0.1, 0.15) is 26.7 Å². The maximum atomic E-state index is 12.8. The summed E-state index contributed by atoms with van der Waals surface area (Å²) in [6.07, 6.45) is 1.63. The first-order valence-electron chi connectivity index (χ1n) is 6.31. The average Bonchev–Trinajstić information content (AvgIpc) is 2.39. The Bertz CT molecular complexity index is 501. The minimum absolute atomic E-state index is 0.0367. The molecule has 1 rings (SSSR count). The highest BCUT2D eigenvalue weighted by Crippen LogP contribution is 2.27. The van der Waals surface area contributed by atoms with Gasteiger partial charge in [-0.2, -0.15) is 4.31 Å². The summed E-state index contributed by atoms with van der Waals surface area (Å²) in [4.78, 5) is 0.336. The van der Waals surface area contributed by atoms with Crippen LogP contribution in [0.15, 0.2) is 33.6 Å². The minimum atomic E-state index is -3.46. The van der Waals surface area contributed by atoms with Gasteiger partial charge in [-0.15, -0.1) is 0 Å². The summed E-state index contributed by atoms with van der Waals surface area (Å²) in [5.74, 6) is 0. The third-order valence-electron chi connectivity index (χ3n) is 3.08. The molecular formula is C13H19Br2NO2S. The van der Waals surface area contributed by atoms with Crippen LogP contribution in [-0.2, 0) is 10.0 Å². The molecule has 3 nitrogen and oxygen atoms in total. The Balaban J connectivity index is 3.24. The van der Waals surface area contributed by atoms with Gasteiger partial charge < -0.3 is 0 Å². The van der Waals surface area contributed by atoms with Crippen LogP contribution in [0.4, 0.5) is 0 Å². The van der Waals surface area contributed by atoms with Gasteiger partial charge in [0.25, 0.3) is 0 Å². The third-order valence-corrected chi connectivity index (χ3v) is 6.40. The van der Waals surface area contributed by atoms with Gasteiger partial charge in [-0.25, -0.2) is 8.42 Å². The lowest BCUT2D eigenvalue weighted by Crippen LogP contribution is -2.41. The third kappa shape index (κ3) is 4.03. The van der Waals surface area contributed by atoms with Crippen LogP contribution in [0, 0.1) is 0 Å². The molecule has 0 aliphatic heterocycles. The number of hydrogen-bond acceptors (Lipinski definition) is 2. The van der Waals surface area contributed by atoms with E-state index in [1.165, 1.54) is 0 Å². The molecule has 0 amide bonds. The second-order valence-corrected chi connectivity index (χ2v) is 7.71. The van der Waals surface area contributed by atoms with E-state index in [0.29, 0.717) is 21.2 Å². The second-order valence-electron chi connectivity index (χ2n) is 4.21. The molecule has 0 spiro atoms. The van der Waals surface area contributed by atoms with Crippen LogP contribution >= 0.6 is 31.9 Å². The van der Waals surface area contributed by atoms with Gasteiger partial charge in [0.2, 0.25) is 10.0 Å². The Labute approximate surface area is 132 Å². The maximum Gasteiger partial charge on any atom is 0.244 e. The topological polar surface area (TPSA) is 37.4 Å². The zero-order valence-corrected chi connectivity index (χ0v) is 15.1. The molecule has 1 aromatic rings. The lowest BCUT2D eigenvalue weighted by atomic mass is 10.2. The van der Waals surface area contributed by atoms with Gasteiger partial charge in [0.1, 0.15) is 0 Å². The van der Waals surface area contributed by atoms with Gasteiger partial charge in [-0.3, -0.25) is 0 Å². The number of alkyl halides is 1. The Morgan fingerprint density at radius 2 is 1.79 bits per heavy atom. The zero-order valence-electron chi connectivity index (χ0n) is 11.1. The molecule has 0 fully saturated rings. The van der Waals surface area contributed by atoms with Crippen LogP contribution in [0.3, 0.4) is 0 Å². The first-order chi connectivity index (χ1) is 8.98. The van der Waals surface area contributed by atoms with E-state index in [4.69, 9.17) is 0 Å². The predicted molar refractivity (Wildman–Crippen MR) is 86.2 cm³/mol. The summed E-state index contributed by atoms with van der Waals surface area (Å²) in [6.45, 7) is 4.52. The molecule has 0 heterocycles. The highest BCUT2D eigenvalue weighted by atomic mass is 79.9. The Hall–Kier alpha value is 0.0900. The van der Waals surface area contributed by atoms with Crippen molar-refractivity contribution in [1.82, 2.24) is 4.31 Å². The van der Waals surface area contributed by atoms with Crippen LogP contribution in [0.2, 0.25) is 0 Å². The average molecular weight is 413 g/mol. The van der Waals surface area contributed by atoms with E-state index in [2.05, 4.69) is 31.9 Å². The molecule has 0 aliphatic rings. The van der Waals surface area contributed by atoms with Crippen molar-refractivity contribution in [2.24, 2.45) is 0 Å². The van der Waals surface area contributed by atoms with Crippen molar-refractivity contribution in [2.45, 2.75) is 37.6 Å². The van der Waals surface area contributed by atoms with Crippen molar-refractivity contribution in [3.8, 4) is 0 Å². The second kappa shape index (κ2) is 7.76. The fraction of sp³-hybridized carbons (Fsp3) is 0.538. The van der Waals surface area contributed by atoms with E-state index in [9.17, 15) is 8.42 Å². The monoisotopic (exact) mass is 411 g/mol. The quantitative estimate of drug-likeness (QED) is 0.634. The fourth-order valence-electron chi connectivity index (χ4n) is 2.06. The lowest BCUT2D eigenvalue weighted by Gasteiger charge is -2.29. The van der Waals surface area contributed by atoms with Gasteiger partial charge in [0.05, 0.1) is 4.90 Å². The first kappa shape index (κ1) is 17.1. The van der Waals surface area contributed by atoms with E-state index in [1.807, 2.05) is 19.9 Å². The molecule has 0 aliphatic carbocycles. The molecule has 19 heavy (non-hydrogen) atoms. The van der Waals surface area contributed by atoms with E-state index < -0.39 is 10.0 Å². The molecule has 108 valence electrons. The number of sulfonamides is 1. The van der Waals surface area contributed by atoms with Crippen LogP contribution in [0.5, 0.6) is 0 Å². The summed E-state index contributed by atoms with van der Waals surface area (Å²) in [6, 6.07) is 7.00. The predicted octanol–water partition coefficient (Wildman–Crippen LogP) is 4.02. The SMILES string of the molecule is CCC(CC)N(CCBr)S(=O)(=O)c1ccccc1Br. The highest BCUT2D eigenvalue weighted by Gasteiger charge is 2.30. The summed E-state index contributed by atoms with van der Waals surface area (Å²) in [7, 11) is -3.46. The Morgan fingerprint density at radius 1 is 1.21 bits per heavy atom. The van der Waals surface area contributed by atoms with E-state index >= 15 is 0 Å². The maximum absolute atomic E-state index is 12.8. The molecule has 0 aromatic heterocycles. The zero-order chi connectivity index (χ0) is 14.5. The minimum Gasteiger partial charge on any atom is -0.207 e. The lowest BCUT2D eigenvalue weighted by molar-refractivity contribution is 0.317. The molecule has 0 unspecified atom stereocenters. The standard InChI is InChI=1S/C13H19Br2NO2S/c1-3-11(4-2)16(10-9-14)19(17,18)13-8-6-5-7-12(13)15/h5-8,11H,3-4,9-10H2,1-2H3. The highest BCUT2D eigenvalue weighted by molar-refractivity contribution is 9.10. The van der Waals surface area contributed by atoms with Crippen molar-refractivity contribution < 1.29 is 8.42 Å². The van der Waals surface area contributed by atoms with Crippen molar-refractivity contribution in [1.29, 1.82) is 0 Å². The van der Waals surface area contributed by atoms with Gasteiger partial charge in [-0.05, 0) is 40.9 Å². The normalized spacial score (nSPS) is 12.3. The first-order valence-corrected chi connectivity index (χ1v) is 9.66. The van der Waals surface area contributed by atoms with E-state index in [0.717, 1.165) is 12.8 Å². The smallest absolute Gasteiger partial charge is 0.207 e. The number of rotatable bonds is 7. The van der Waals surface area contributed by atoms with Crippen molar-refractivity contribution in [3.05, 3.63) is 28.7 Å². The molecule has 0 saturated heterocycles. The van der Waals surface area contributed by atoms with Crippen LogP contribution in [0.25, 0.3) is 0 Å². The summed E-state index contributed by atoms with van der Waals surface area (Å²) >= 11 is 6.67. The molecule has 0 bridgehead atoms. The van der Waals surface area contributed by atoms with Crippen LogP contribution in [-0.4, -0.2) is 30.6 Å². The van der Waals surface area contributed by atoms with Crippen molar-refractivity contribution in [3.63, 3.8) is 0 Å². The van der Waals surface area contributed by atoms with E-state index in [-0.39, 0.29) is 6.04 Å². The van der Waals surface area contributed by atoms with Gasteiger partial charge >= 0.3 is 0 Å². The van der Waals surface area contributed by atoms with Crippen LogP contribution < -0.4 is 0 Å². The van der Waals surface area contributed by atoms with Gasteiger partial charge in [0.15, 0.2) is 0 Å². The molecule has 6 heteroatoms. The Kier molecular flexibility index (Phi) is 7.00. The number of halogens is 2. The van der Waals surface area contributed by atoms with Gasteiger partial charge in [-0.1, -0.05) is 41.9 Å². The van der Waals surface area contributed by atoms with Gasteiger partial charge in [0, 0.05) is 22.4 Å². The fourth-order valence-corrected chi connectivity index (χ4v) is 5.41. The number of hydrogen-bond donors (Lipinski definition) is 0. The molecule has 0 N–H and O–H groups in total. The van der Waals surface area contributed by atoms with Crippen molar-refractivity contribution >= 4 is 41.9 Å². The summed E-state index contributed by atoms with van der Waals surface area (Å²) in [5.41, 5.74) is 0. The molecular weight excluding hydrogens is 394 g/mol. The number of benzene rings is 1. The van der Waals surface area contributed by atoms with Crippen molar-refractivity contribution in [2.75, 3.05) is 11.9 Å². The number of nitrogens with zero attached hydrogens (tertiary/aromatic N) is 1. The Morgan fingerprint density at radius 3 is 2.26 bits per heavy atom. The summed E-state index contributed by atoms with van der Waals surface area (Å²) < 4.78 is 27.8. The molecule has 0 saturated carbocycles. The summed E-state index contributed by atoms with van der Waals surface area (Å²) in [5, 5.41) is 0.632. The molecule has 0 atom stereocenters. The largest absolute Gasteiger partial charge is 0.244 e. The van der Waals surface area contributed by atoms with E-state index in [1.54, 1.807) is 22.5 Å².